The number of carbonyl (C=O) groups is 1. The molecule has 3 rings (SSSR count). The number of hydrogen-bond donors (Lipinski definition) is 2. The second-order valence-corrected chi connectivity index (χ2v) is 5.69. The fourth-order valence-electron chi connectivity index (χ4n) is 2.59. The van der Waals surface area contributed by atoms with Crippen LogP contribution in [0, 0.1) is 13.8 Å². The summed E-state index contributed by atoms with van der Waals surface area (Å²) in [6.45, 7) is 6.60. The third-order valence-corrected chi connectivity index (χ3v) is 3.82. The van der Waals surface area contributed by atoms with Crippen molar-refractivity contribution in [2.45, 2.75) is 26.7 Å². The van der Waals surface area contributed by atoms with Crippen LogP contribution in [-0.2, 0) is 7.05 Å². The van der Waals surface area contributed by atoms with Gasteiger partial charge >= 0.3 is 0 Å². The molecule has 1 aromatic heterocycles. The number of hydrogen-bond acceptors (Lipinski definition) is 3. The summed E-state index contributed by atoms with van der Waals surface area (Å²) in [5.74, 6) is 0.309. The van der Waals surface area contributed by atoms with Crippen LogP contribution in [0.5, 0.6) is 0 Å². The number of allylic oxidation sites excluding steroid dienone is 1. The lowest BCUT2D eigenvalue weighted by atomic mass is 9.97. The molecule has 4 N–H and O–H groups in total. The summed E-state index contributed by atoms with van der Waals surface area (Å²) >= 11 is 0. The van der Waals surface area contributed by atoms with Gasteiger partial charge in [-0.25, -0.2) is 4.98 Å². The van der Waals surface area contributed by atoms with Crippen LogP contribution < -0.4 is 11.5 Å². The lowest BCUT2D eigenvalue weighted by molar-refractivity contribution is 0.0997. The Balaban J connectivity index is 0.000000164. The van der Waals surface area contributed by atoms with Crippen molar-refractivity contribution in [3.63, 3.8) is 0 Å². The van der Waals surface area contributed by atoms with Gasteiger partial charge in [0.05, 0.1) is 6.33 Å². The minimum absolute atomic E-state index is 0.127. The molecule has 0 aliphatic heterocycles. The molecule has 1 aliphatic carbocycles. The topological polar surface area (TPSA) is 86.9 Å². The van der Waals surface area contributed by atoms with Crippen LogP contribution >= 0.6 is 0 Å². The van der Waals surface area contributed by atoms with Crippen molar-refractivity contribution in [3.8, 4) is 0 Å². The van der Waals surface area contributed by atoms with Crippen molar-refractivity contribution in [1.29, 1.82) is 0 Å². The van der Waals surface area contributed by atoms with Gasteiger partial charge in [0, 0.05) is 7.05 Å². The minimum Gasteiger partial charge on any atom is -0.383 e. The Bertz CT molecular complexity index is 743. The number of amides is 1. The minimum atomic E-state index is -0.599. The Morgan fingerprint density at radius 2 is 2.00 bits per heavy atom. The van der Waals surface area contributed by atoms with Crippen molar-refractivity contribution < 1.29 is 4.79 Å². The van der Waals surface area contributed by atoms with Gasteiger partial charge in [-0.1, -0.05) is 36.8 Å². The summed E-state index contributed by atoms with van der Waals surface area (Å²) in [6, 6.07) is 4.55. The molecule has 1 amide bonds. The van der Waals surface area contributed by atoms with Gasteiger partial charge in [0.2, 0.25) is 0 Å². The van der Waals surface area contributed by atoms with Crippen molar-refractivity contribution >= 4 is 17.8 Å². The molecule has 5 nitrogen and oxygen atoms in total. The molecule has 0 radical (unpaired) electrons. The first-order chi connectivity index (χ1) is 10.3. The molecule has 2 aromatic rings. The first-order valence-electron chi connectivity index (χ1n) is 7.17. The zero-order chi connectivity index (χ0) is 16.4. The van der Waals surface area contributed by atoms with Crippen LogP contribution in [0.4, 0.5) is 5.82 Å². The summed E-state index contributed by atoms with van der Waals surface area (Å²) in [4.78, 5) is 14.2. The van der Waals surface area contributed by atoms with Gasteiger partial charge in [0.25, 0.3) is 5.91 Å². The highest BCUT2D eigenvalue weighted by atomic mass is 16.1. The number of fused-ring (bicyclic) bond motifs is 1. The molecule has 0 fully saturated rings. The van der Waals surface area contributed by atoms with Gasteiger partial charge in [0.15, 0.2) is 5.69 Å². The van der Waals surface area contributed by atoms with E-state index in [9.17, 15) is 4.79 Å². The Hall–Kier alpha value is -2.56. The van der Waals surface area contributed by atoms with Crippen LogP contribution in [0.25, 0.3) is 6.08 Å². The number of imidazole rings is 1. The van der Waals surface area contributed by atoms with Crippen molar-refractivity contribution in [2.24, 2.45) is 12.8 Å². The van der Waals surface area contributed by atoms with Crippen LogP contribution in [-0.4, -0.2) is 15.5 Å². The molecule has 1 heterocycles. The molecule has 5 heteroatoms. The Morgan fingerprint density at radius 1 is 1.32 bits per heavy atom. The highest BCUT2D eigenvalue weighted by molar-refractivity contribution is 5.95. The number of aryl methyl sites for hydroxylation is 3. The van der Waals surface area contributed by atoms with Crippen LogP contribution in [0.2, 0.25) is 0 Å². The van der Waals surface area contributed by atoms with Gasteiger partial charge in [0.1, 0.15) is 5.82 Å². The number of carbonyl (C=O) groups excluding carboxylic acids is 1. The molecule has 1 unspecified atom stereocenters. The van der Waals surface area contributed by atoms with E-state index in [1.165, 1.54) is 33.1 Å². The molecule has 116 valence electrons. The maximum atomic E-state index is 10.5. The SMILES string of the molecule is Cc1cc(C)c2c(c1)C(C)C=C2.Cn1cnc(C(N)=O)c1N. The quantitative estimate of drug-likeness (QED) is 0.848. The molecule has 0 saturated heterocycles. The van der Waals surface area contributed by atoms with E-state index in [1.807, 2.05) is 0 Å². The van der Waals surface area contributed by atoms with Crippen molar-refractivity contribution in [2.75, 3.05) is 5.73 Å². The van der Waals surface area contributed by atoms with E-state index < -0.39 is 5.91 Å². The van der Waals surface area contributed by atoms with E-state index in [0.717, 1.165) is 0 Å². The van der Waals surface area contributed by atoms with Crippen LogP contribution in [0.3, 0.4) is 0 Å². The third-order valence-electron chi connectivity index (χ3n) is 3.82. The number of nitrogens with two attached hydrogens (primary N) is 2. The fourth-order valence-corrected chi connectivity index (χ4v) is 2.59. The summed E-state index contributed by atoms with van der Waals surface area (Å²) in [5.41, 5.74) is 16.2. The van der Waals surface area contributed by atoms with Crippen LogP contribution in [0.15, 0.2) is 24.5 Å². The molecule has 0 saturated carbocycles. The summed E-state index contributed by atoms with van der Waals surface area (Å²) in [6.07, 6.45) is 5.96. The maximum absolute atomic E-state index is 10.5. The van der Waals surface area contributed by atoms with Crippen LogP contribution in [0.1, 0.15) is 45.6 Å². The second-order valence-electron chi connectivity index (χ2n) is 5.69. The summed E-state index contributed by atoms with van der Waals surface area (Å²) < 4.78 is 1.53. The summed E-state index contributed by atoms with van der Waals surface area (Å²) in [7, 11) is 1.69. The van der Waals surface area contributed by atoms with E-state index >= 15 is 0 Å². The zero-order valence-electron chi connectivity index (χ0n) is 13.4. The zero-order valence-corrected chi connectivity index (χ0v) is 13.4. The Kier molecular flexibility index (Phi) is 4.35. The average Bonchev–Trinajstić information content (AvgIpc) is 2.96. The Labute approximate surface area is 130 Å². The van der Waals surface area contributed by atoms with E-state index in [1.54, 1.807) is 7.05 Å². The maximum Gasteiger partial charge on any atom is 0.271 e. The first kappa shape index (κ1) is 15.8. The number of rotatable bonds is 1. The molecular formula is C17H22N4O. The molecule has 1 atom stereocenters. The van der Waals surface area contributed by atoms with Gasteiger partial charge in [-0.05, 0) is 36.5 Å². The normalized spacial score (nSPS) is 15.2. The van der Waals surface area contributed by atoms with Gasteiger partial charge in [-0.3, -0.25) is 4.79 Å². The molecule has 0 bridgehead atoms. The van der Waals surface area contributed by atoms with E-state index in [0.29, 0.717) is 11.7 Å². The van der Waals surface area contributed by atoms with E-state index in [-0.39, 0.29) is 5.69 Å². The largest absolute Gasteiger partial charge is 0.383 e. The molecule has 1 aromatic carbocycles. The van der Waals surface area contributed by atoms with Gasteiger partial charge in [-0.15, -0.1) is 0 Å². The van der Waals surface area contributed by atoms with E-state index in [4.69, 9.17) is 11.5 Å². The lowest BCUT2D eigenvalue weighted by Gasteiger charge is -2.08. The number of aromatic nitrogens is 2. The van der Waals surface area contributed by atoms with Crippen molar-refractivity contribution in [1.82, 2.24) is 9.55 Å². The van der Waals surface area contributed by atoms with Gasteiger partial charge in [-0.2, -0.15) is 0 Å². The van der Waals surface area contributed by atoms with Gasteiger partial charge < -0.3 is 16.0 Å². The smallest absolute Gasteiger partial charge is 0.271 e. The second kappa shape index (κ2) is 6.05. The highest BCUT2D eigenvalue weighted by Gasteiger charge is 2.14. The number of nitrogens with zero attached hydrogens (tertiary/aromatic N) is 2. The third kappa shape index (κ3) is 3.03. The van der Waals surface area contributed by atoms with E-state index in [2.05, 4.69) is 50.0 Å². The first-order valence-corrected chi connectivity index (χ1v) is 7.17. The predicted molar refractivity (Wildman–Crippen MR) is 89.5 cm³/mol. The molecule has 22 heavy (non-hydrogen) atoms. The number of nitrogen functional groups attached to an aromatic ring is 1. The number of benzene rings is 1. The highest BCUT2D eigenvalue weighted by Crippen LogP contribution is 2.32. The number of primary amides is 1. The molecule has 0 spiro atoms. The standard InChI is InChI=1S/C12H14.C5H8N4O/c1-8-6-10(3)11-5-4-9(2)12(11)7-8;1-9-2-8-3(4(9)6)5(7)10/h4-7,9H,1-3H3;2H,6H2,1H3,(H2,7,10). The average molecular weight is 298 g/mol. The molecule has 1 aliphatic rings. The number of anilines is 1. The fraction of sp³-hybridized carbons (Fsp3) is 0.294. The Morgan fingerprint density at radius 3 is 2.50 bits per heavy atom. The lowest BCUT2D eigenvalue weighted by Crippen LogP contribution is -2.14. The monoisotopic (exact) mass is 298 g/mol. The van der Waals surface area contributed by atoms with Crippen molar-refractivity contribution in [3.05, 3.63) is 52.5 Å². The molecular weight excluding hydrogens is 276 g/mol. The summed E-state index contributed by atoms with van der Waals surface area (Å²) in [5, 5.41) is 0. The predicted octanol–water partition coefficient (Wildman–Crippen LogP) is 2.53.